The summed E-state index contributed by atoms with van der Waals surface area (Å²) in [5.74, 6) is -0.105. The van der Waals surface area contributed by atoms with Crippen molar-refractivity contribution in [2.24, 2.45) is 0 Å². The monoisotopic (exact) mass is 419 g/mol. The van der Waals surface area contributed by atoms with Crippen LogP contribution in [-0.4, -0.2) is 54.6 Å². The van der Waals surface area contributed by atoms with Gasteiger partial charge in [-0.2, -0.15) is 9.40 Å². The van der Waals surface area contributed by atoms with Crippen molar-refractivity contribution < 1.29 is 17.9 Å². The second kappa shape index (κ2) is 8.01. The highest BCUT2D eigenvalue weighted by atomic mass is 32.2. The molecule has 2 aromatic rings. The van der Waals surface area contributed by atoms with Crippen LogP contribution in [0.3, 0.4) is 0 Å². The molecule has 158 valence electrons. The molecule has 0 aliphatic carbocycles. The number of morpholine rings is 1. The van der Waals surface area contributed by atoms with Gasteiger partial charge in [0.15, 0.2) is 5.78 Å². The lowest BCUT2D eigenvalue weighted by Gasteiger charge is -2.26. The molecular weight excluding hydrogens is 390 g/mol. The van der Waals surface area contributed by atoms with Crippen LogP contribution in [0.25, 0.3) is 0 Å². The molecule has 1 aliphatic rings. The fourth-order valence-electron chi connectivity index (χ4n) is 3.51. The lowest BCUT2D eigenvalue weighted by molar-refractivity contribution is 0.0730. The summed E-state index contributed by atoms with van der Waals surface area (Å²) in [6.07, 6.45) is 0. The summed E-state index contributed by atoms with van der Waals surface area (Å²) in [6.45, 7) is 11.1. The quantitative estimate of drug-likeness (QED) is 0.696. The van der Waals surface area contributed by atoms with E-state index in [9.17, 15) is 13.2 Å². The maximum absolute atomic E-state index is 13.1. The molecule has 0 unspecified atom stereocenters. The van der Waals surface area contributed by atoms with Crippen LogP contribution in [0, 0.1) is 13.8 Å². The van der Waals surface area contributed by atoms with Gasteiger partial charge in [0, 0.05) is 18.7 Å². The molecule has 2 heterocycles. The molecule has 1 aromatic heterocycles. The number of benzene rings is 1. The predicted molar refractivity (Wildman–Crippen MR) is 111 cm³/mol. The van der Waals surface area contributed by atoms with Crippen LogP contribution in [0.1, 0.15) is 48.1 Å². The highest BCUT2D eigenvalue weighted by molar-refractivity contribution is 7.89. The van der Waals surface area contributed by atoms with Gasteiger partial charge in [-0.15, -0.1) is 0 Å². The summed E-state index contributed by atoms with van der Waals surface area (Å²) in [6, 6.07) is 7.56. The van der Waals surface area contributed by atoms with Gasteiger partial charge in [0.05, 0.1) is 24.6 Å². The summed E-state index contributed by atoms with van der Waals surface area (Å²) in [5.41, 5.74) is 2.64. The lowest BCUT2D eigenvalue weighted by Crippen LogP contribution is -2.41. The summed E-state index contributed by atoms with van der Waals surface area (Å²) in [5, 5.41) is 4.35. The van der Waals surface area contributed by atoms with Gasteiger partial charge in [-0.25, -0.2) is 8.42 Å². The Bertz CT molecular complexity index is 996. The summed E-state index contributed by atoms with van der Waals surface area (Å²) in [4.78, 5) is 13.0. The SMILES string of the molecule is Cc1nn(CC(=O)c2ccc(C(C)(C)C)cc2)c(C)c1S(=O)(=O)N1CCOCC1. The molecule has 0 radical (unpaired) electrons. The molecule has 8 heteroatoms. The Labute approximate surface area is 172 Å². The van der Waals surface area contributed by atoms with E-state index in [0.717, 1.165) is 5.56 Å². The number of ketones is 1. The van der Waals surface area contributed by atoms with E-state index in [1.54, 1.807) is 13.8 Å². The molecule has 3 rings (SSSR count). The Morgan fingerprint density at radius 3 is 2.24 bits per heavy atom. The average molecular weight is 420 g/mol. The van der Waals surface area contributed by atoms with E-state index < -0.39 is 10.0 Å². The first kappa shape index (κ1) is 21.7. The minimum absolute atomic E-state index is 0.000168. The topological polar surface area (TPSA) is 81.5 Å². The zero-order chi connectivity index (χ0) is 21.4. The molecule has 0 bridgehead atoms. The fraction of sp³-hybridized carbons (Fsp3) is 0.524. The Hall–Kier alpha value is -2.03. The van der Waals surface area contributed by atoms with Crippen LogP contribution < -0.4 is 0 Å². The number of ether oxygens (including phenoxy) is 1. The number of aryl methyl sites for hydroxylation is 1. The van der Waals surface area contributed by atoms with E-state index in [1.165, 1.54) is 8.99 Å². The zero-order valence-corrected chi connectivity index (χ0v) is 18.5. The third kappa shape index (κ3) is 4.44. The first-order chi connectivity index (χ1) is 13.5. The van der Waals surface area contributed by atoms with Crippen molar-refractivity contribution in [2.75, 3.05) is 26.3 Å². The van der Waals surface area contributed by atoms with Gasteiger partial charge in [0.25, 0.3) is 0 Å². The van der Waals surface area contributed by atoms with Gasteiger partial charge in [-0.05, 0) is 24.8 Å². The van der Waals surface area contributed by atoms with E-state index in [1.807, 2.05) is 24.3 Å². The molecule has 0 N–H and O–H groups in total. The van der Waals surface area contributed by atoms with Crippen molar-refractivity contribution in [3.8, 4) is 0 Å². The van der Waals surface area contributed by atoms with E-state index in [2.05, 4.69) is 25.9 Å². The first-order valence-corrected chi connectivity index (χ1v) is 11.2. The van der Waals surface area contributed by atoms with E-state index in [-0.39, 0.29) is 22.6 Å². The lowest BCUT2D eigenvalue weighted by atomic mass is 9.86. The predicted octanol–water partition coefficient (Wildman–Crippen LogP) is 2.70. The van der Waals surface area contributed by atoms with Crippen molar-refractivity contribution in [2.45, 2.75) is 51.5 Å². The van der Waals surface area contributed by atoms with Crippen molar-refractivity contribution in [1.82, 2.24) is 14.1 Å². The minimum Gasteiger partial charge on any atom is -0.379 e. The van der Waals surface area contributed by atoms with Crippen LogP contribution in [0.4, 0.5) is 0 Å². The van der Waals surface area contributed by atoms with Gasteiger partial charge < -0.3 is 4.74 Å². The highest BCUT2D eigenvalue weighted by Gasteiger charge is 2.32. The molecule has 29 heavy (non-hydrogen) atoms. The second-order valence-corrected chi connectivity index (χ2v) is 10.3. The van der Waals surface area contributed by atoms with Crippen LogP contribution in [0.2, 0.25) is 0 Å². The van der Waals surface area contributed by atoms with E-state index in [4.69, 9.17) is 4.74 Å². The maximum atomic E-state index is 13.1. The average Bonchev–Trinajstić information content (AvgIpc) is 2.95. The van der Waals surface area contributed by atoms with Gasteiger partial charge in [-0.1, -0.05) is 45.0 Å². The molecule has 0 spiro atoms. The highest BCUT2D eigenvalue weighted by Crippen LogP contribution is 2.25. The van der Waals surface area contributed by atoms with Crippen molar-refractivity contribution >= 4 is 15.8 Å². The number of aromatic nitrogens is 2. The zero-order valence-electron chi connectivity index (χ0n) is 17.7. The van der Waals surface area contributed by atoms with Crippen molar-refractivity contribution in [1.29, 1.82) is 0 Å². The number of sulfonamides is 1. The van der Waals surface area contributed by atoms with Crippen LogP contribution >= 0.6 is 0 Å². The maximum Gasteiger partial charge on any atom is 0.246 e. The second-order valence-electron chi connectivity index (χ2n) is 8.42. The number of carbonyl (C=O) groups excluding carboxylic acids is 1. The smallest absolute Gasteiger partial charge is 0.246 e. The molecular formula is C21H29N3O4S. The van der Waals surface area contributed by atoms with Gasteiger partial charge >= 0.3 is 0 Å². The van der Waals surface area contributed by atoms with Gasteiger partial charge in [-0.3, -0.25) is 9.48 Å². The van der Waals surface area contributed by atoms with Gasteiger partial charge in [0.2, 0.25) is 10.0 Å². The number of hydrogen-bond donors (Lipinski definition) is 0. The third-order valence-corrected chi connectivity index (χ3v) is 7.40. The number of Topliss-reactive ketones (excluding diaryl/α,β-unsaturated/α-hetero) is 1. The largest absolute Gasteiger partial charge is 0.379 e. The normalized spacial score (nSPS) is 16.2. The number of carbonyl (C=O) groups is 1. The Kier molecular flexibility index (Phi) is 5.98. The molecule has 1 saturated heterocycles. The van der Waals surface area contributed by atoms with Crippen molar-refractivity contribution in [3.05, 3.63) is 46.8 Å². The Morgan fingerprint density at radius 1 is 1.10 bits per heavy atom. The van der Waals surface area contributed by atoms with Crippen molar-refractivity contribution in [3.63, 3.8) is 0 Å². The standard InChI is InChI=1S/C21H29N3O4S/c1-15-20(29(26,27)23-10-12-28-13-11-23)16(2)24(22-15)14-19(25)17-6-8-18(9-7-17)21(3,4)5/h6-9H,10-14H2,1-5H3. The molecule has 1 fully saturated rings. The molecule has 0 atom stereocenters. The number of nitrogens with zero attached hydrogens (tertiary/aromatic N) is 3. The fourth-order valence-corrected chi connectivity index (χ4v) is 5.29. The van der Waals surface area contributed by atoms with Crippen LogP contribution in [0.15, 0.2) is 29.2 Å². The summed E-state index contributed by atoms with van der Waals surface area (Å²) >= 11 is 0. The number of hydrogen-bond acceptors (Lipinski definition) is 5. The van der Waals surface area contributed by atoms with E-state index >= 15 is 0 Å². The molecule has 7 nitrogen and oxygen atoms in total. The molecule has 0 amide bonds. The third-order valence-electron chi connectivity index (χ3n) is 5.25. The molecule has 1 aromatic carbocycles. The van der Waals surface area contributed by atoms with Crippen LogP contribution in [-0.2, 0) is 26.7 Å². The minimum atomic E-state index is -3.67. The van der Waals surface area contributed by atoms with Gasteiger partial charge in [0.1, 0.15) is 11.4 Å². The molecule has 1 aliphatic heterocycles. The first-order valence-electron chi connectivity index (χ1n) is 9.77. The summed E-state index contributed by atoms with van der Waals surface area (Å²) in [7, 11) is -3.67. The number of rotatable bonds is 5. The van der Waals surface area contributed by atoms with Crippen LogP contribution in [0.5, 0.6) is 0 Å². The summed E-state index contributed by atoms with van der Waals surface area (Å²) < 4.78 is 34.3. The Morgan fingerprint density at radius 2 is 1.69 bits per heavy atom. The Balaban J connectivity index is 1.84. The molecule has 0 saturated carbocycles. The van der Waals surface area contributed by atoms with E-state index in [0.29, 0.717) is 43.3 Å².